The Morgan fingerprint density at radius 2 is 2.06 bits per heavy atom. The van der Waals surface area contributed by atoms with Crippen LogP contribution in [0.4, 0.5) is 0 Å². The van der Waals surface area contributed by atoms with Crippen LogP contribution in [0.25, 0.3) is 0 Å². The molecular weight excluding hydrogens is 230 g/mol. The summed E-state index contributed by atoms with van der Waals surface area (Å²) in [5.74, 6) is 0.364. The number of para-hydroxylation sites is 1. The van der Waals surface area contributed by atoms with E-state index in [1.165, 1.54) is 4.88 Å². The van der Waals surface area contributed by atoms with E-state index in [9.17, 15) is 5.11 Å². The number of phenolic OH excluding ortho intramolecular Hbond substituents is 1. The largest absolute Gasteiger partial charge is 0.508 e. The van der Waals surface area contributed by atoms with E-state index in [1.54, 1.807) is 17.4 Å². The minimum Gasteiger partial charge on any atom is -0.508 e. The molecule has 0 fully saturated rings. The molecule has 1 aromatic heterocycles. The minimum absolute atomic E-state index is 0.177. The first-order chi connectivity index (χ1) is 8.27. The Bertz CT molecular complexity index is 453. The summed E-state index contributed by atoms with van der Waals surface area (Å²) in [6.45, 7) is 3.00. The first-order valence-corrected chi connectivity index (χ1v) is 6.69. The second kappa shape index (κ2) is 5.84. The molecule has 0 radical (unpaired) electrons. The van der Waals surface area contributed by atoms with E-state index in [4.69, 9.17) is 0 Å². The van der Waals surface area contributed by atoms with Gasteiger partial charge in [0.2, 0.25) is 0 Å². The van der Waals surface area contributed by atoms with Crippen molar-refractivity contribution in [2.24, 2.45) is 0 Å². The lowest BCUT2D eigenvalue weighted by molar-refractivity contribution is 0.453. The van der Waals surface area contributed by atoms with Crippen molar-refractivity contribution >= 4 is 11.3 Å². The molecule has 0 aliphatic carbocycles. The summed E-state index contributed by atoms with van der Waals surface area (Å²) in [5.41, 5.74) is 0.957. The molecule has 3 heteroatoms. The molecule has 0 spiro atoms. The van der Waals surface area contributed by atoms with Crippen LogP contribution in [0.5, 0.6) is 5.75 Å². The summed E-state index contributed by atoms with van der Waals surface area (Å²) >= 11 is 1.78. The van der Waals surface area contributed by atoms with Gasteiger partial charge < -0.3 is 10.4 Å². The second-order valence-corrected chi connectivity index (χ2v) is 5.10. The molecule has 1 unspecified atom stereocenters. The van der Waals surface area contributed by atoms with Crippen LogP contribution in [0.1, 0.15) is 23.4 Å². The Balaban J connectivity index is 1.85. The van der Waals surface area contributed by atoms with Crippen LogP contribution in [-0.4, -0.2) is 11.7 Å². The van der Waals surface area contributed by atoms with E-state index < -0.39 is 0 Å². The van der Waals surface area contributed by atoms with Crippen LogP contribution < -0.4 is 5.32 Å². The fraction of sp³-hybridized carbons (Fsp3) is 0.286. The van der Waals surface area contributed by atoms with Gasteiger partial charge in [0.05, 0.1) is 0 Å². The molecule has 2 nitrogen and oxygen atoms in total. The standard InChI is InChI=1S/C14H17NOS/c1-11(13-6-2-3-7-14(13)16)15-9-8-12-5-4-10-17-12/h2-7,10-11,15-16H,8-9H2,1H3. The number of hydrogen-bond acceptors (Lipinski definition) is 3. The van der Waals surface area contributed by atoms with Gasteiger partial charge in [-0.05, 0) is 30.9 Å². The molecule has 1 heterocycles. The van der Waals surface area contributed by atoms with Crippen LogP contribution in [0.3, 0.4) is 0 Å². The van der Waals surface area contributed by atoms with E-state index in [1.807, 2.05) is 18.2 Å². The van der Waals surface area contributed by atoms with Crippen LogP contribution in [-0.2, 0) is 6.42 Å². The summed E-state index contributed by atoms with van der Waals surface area (Å²) in [5, 5.41) is 15.2. The highest BCUT2D eigenvalue weighted by Gasteiger charge is 2.08. The quantitative estimate of drug-likeness (QED) is 0.849. The van der Waals surface area contributed by atoms with Gasteiger partial charge in [-0.1, -0.05) is 24.3 Å². The zero-order chi connectivity index (χ0) is 12.1. The van der Waals surface area contributed by atoms with Crippen molar-refractivity contribution in [2.75, 3.05) is 6.54 Å². The van der Waals surface area contributed by atoms with Gasteiger partial charge in [-0.15, -0.1) is 11.3 Å². The number of thiophene rings is 1. The highest BCUT2D eigenvalue weighted by atomic mass is 32.1. The number of nitrogens with one attached hydrogen (secondary N) is 1. The average Bonchev–Trinajstić information content (AvgIpc) is 2.82. The number of phenols is 1. The first kappa shape index (κ1) is 12.1. The molecule has 2 rings (SSSR count). The molecule has 0 bridgehead atoms. The van der Waals surface area contributed by atoms with Crippen molar-refractivity contribution in [3.05, 3.63) is 52.2 Å². The summed E-state index contributed by atoms with van der Waals surface area (Å²) in [6.07, 6.45) is 1.04. The lowest BCUT2D eigenvalue weighted by atomic mass is 10.1. The van der Waals surface area contributed by atoms with Crippen molar-refractivity contribution in [3.8, 4) is 5.75 Å². The van der Waals surface area contributed by atoms with Gasteiger partial charge in [-0.25, -0.2) is 0 Å². The van der Waals surface area contributed by atoms with Gasteiger partial charge >= 0.3 is 0 Å². The maximum absolute atomic E-state index is 9.73. The van der Waals surface area contributed by atoms with Crippen LogP contribution in [0, 0.1) is 0 Å². The summed E-state index contributed by atoms with van der Waals surface area (Å²) in [4.78, 5) is 1.39. The average molecular weight is 247 g/mol. The van der Waals surface area contributed by atoms with Gasteiger partial charge in [0.15, 0.2) is 0 Å². The van der Waals surface area contributed by atoms with Gasteiger partial charge in [0, 0.05) is 23.0 Å². The highest BCUT2D eigenvalue weighted by Crippen LogP contribution is 2.22. The molecule has 1 atom stereocenters. The first-order valence-electron chi connectivity index (χ1n) is 5.81. The Labute approximate surface area is 106 Å². The Morgan fingerprint density at radius 1 is 1.24 bits per heavy atom. The van der Waals surface area contributed by atoms with Gasteiger partial charge in [-0.2, -0.15) is 0 Å². The predicted molar refractivity (Wildman–Crippen MR) is 72.5 cm³/mol. The second-order valence-electron chi connectivity index (χ2n) is 4.06. The third kappa shape index (κ3) is 3.32. The topological polar surface area (TPSA) is 32.3 Å². The fourth-order valence-corrected chi connectivity index (χ4v) is 2.54. The zero-order valence-corrected chi connectivity index (χ0v) is 10.7. The van der Waals surface area contributed by atoms with E-state index in [-0.39, 0.29) is 6.04 Å². The van der Waals surface area contributed by atoms with Gasteiger partial charge in [-0.3, -0.25) is 0 Å². The van der Waals surface area contributed by atoms with Crippen LogP contribution in [0.15, 0.2) is 41.8 Å². The number of benzene rings is 1. The van der Waals surface area contributed by atoms with Crippen molar-refractivity contribution in [2.45, 2.75) is 19.4 Å². The highest BCUT2D eigenvalue weighted by molar-refractivity contribution is 7.09. The van der Waals surface area contributed by atoms with Crippen molar-refractivity contribution in [1.82, 2.24) is 5.32 Å². The third-order valence-electron chi connectivity index (χ3n) is 2.81. The van der Waals surface area contributed by atoms with E-state index in [2.05, 4.69) is 29.8 Å². The molecule has 0 amide bonds. The molecule has 1 aromatic carbocycles. The molecule has 0 saturated heterocycles. The monoisotopic (exact) mass is 247 g/mol. The van der Waals surface area contributed by atoms with Crippen molar-refractivity contribution in [1.29, 1.82) is 0 Å². The Morgan fingerprint density at radius 3 is 2.76 bits per heavy atom. The minimum atomic E-state index is 0.177. The molecule has 0 aliphatic heterocycles. The number of aromatic hydroxyl groups is 1. The maximum Gasteiger partial charge on any atom is 0.120 e. The molecule has 0 saturated carbocycles. The smallest absolute Gasteiger partial charge is 0.120 e. The summed E-state index contributed by atoms with van der Waals surface area (Å²) in [7, 11) is 0. The SMILES string of the molecule is CC(NCCc1cccs1)c1ccccc1O. The predicted octanol–water partition coefficient (Wildman–Crippen LogP) is 3.35. The summed E-state index contributed by atoms with van der Waals surface area (Å²) < 4.78 is 0. The Hall–Kier alpha value is -1.32. The third-order valence-corrected chi connectivity index (χ3v) is 3.74. The molecular formula is C14H17NOS. The lowest BCUT2D eigenvalue weighted by Crippen LogP contribution is -2.21. The van der Waals surface area contributed by atoms with Crippen molar-refractivity contribution in [3.63, 3.8) is 0 Å². The molecule has 2 aromatic rings. The van der Waals surface area contributed by atoms with Crippen LogP contribution >= 0.6 is 11.3 Å². The molecule has 2 N–H and O–H groups in total. The Kier molecular flexibility index (Phi) is 4.18. The summed E-state index contributed by atoms with van der Waals surface area (Å²) in [6, 6.07) is 11.9. The van der Waals surface area contributed by atoms with E-state index in [0.29, 0.717) is 5.75 Å². The molecule has 0 aliphatic rings. The zero-order valence-electron chi connectivity index (χ0n) is 9.89. The lowest BCUT2D eigenvalue weighted by Gasteiger charge is -2.15. The van der Waals surface area contributed by atoms with E-state index in [0.717, 1.165) is 18.5 Å². The number of rotatable bonds is 5. The number of hydrogen-bond donors (Lipinski definition) is 2. The van der Waals surface area contributed by atoms with Gasteiger partial charge in [0.1, 0.15) is 5.75 Å². The van der Waals surface area contributed by atoms with Crippen LogP contribution in [0.2, 0.25) is 0 Å². The maximum atomic E-state index is 9.73. The van der Waals surface area contributed by atoms with Gasteiger partial charge in [0.25, 0.3) is 0 Å². The normalized spacial score (nSPS) is 12.5. The molecule has 17 heavy (non-hydrogen) atoms. The molecule has 90 valence electrons. The fourth-order valence-electron chi connectivity index (χ4n) is 1.83. The van der Waals surface area contributed by atoms with Crippen molar-refractivity contribution < 1.29 is 5.11 Å². The van der Waals surface area contributed by atoms with E-state index >= 15 is 0 Å².